The van der Waals surface area contributed by atoms with Gasteiger partial charge < -0.3 is 4.90 Å². The van der Waals surface area contributed by atoms with E-state index in [1.54, 1.807) is 0 Å². The van der Waals surface area contributed by atoms with Gasteiger partial charge in [-0.3, -0.25) is 14.4 Å². The lowest BCUT2D eigenvalue weighted by Gasteiger charge is -2.36. The highest BCUT2D eigenvalue weighted by molar-refractivity contribution is 5.83. The molecule has 1 aromatic heterocycles. The molecule has 1 aromatic carbocycles. The largest absolute Gasteiger partial charge is 0.341 e. The Labute approximate surface area is 156 Å². The number of amides is 1. The first-order valence-electron chi connectivity index (χ1n) is 9.54. The third-order valence-electron chi connectivity index (χ3n) is 5.36. The molecular weight excluding hydrogens is 324 g/mol. The van der Waals surface area contributed by atoms with Crippen LogP contribution in [0.4, 0.5) is 0 Å². The maximum atomic E-state index is 13.2. The molecule has 26 heavy (non-hydrogen) atoms. The molecule has 1 amide bonds. The third-order valence-corrected chi connectivity index (χ3v) is 5.36. The second-order valence-corrected chi connectivity index (χ2v) is 7.61. The minimum atomic E-state index is -0.199. The number of nitrogens with zero attached hydrogens (tertiary/aromatic N) is 4. The van der Waals surface area contributed by atoms with Crippen LogP contribution in [0.3, 0.4) is 0 Å². The number of benzene rings is 1. The van der Waals surface area contributed by atoms with Gasteiger partial charge in [0.25, 0.3) is 0 Å². The molecule has 0 bridgehead atoms. The van der Waals surface area contributed by atoms with Crippen molar-refractivity contribution in [3.05, 3.63) is 53.9 Å². The Bertz CT molecular complexity index is 703. The molecule has 2 aromatic rings. The Kier molecular flexibility index (Phi) is 6.09. The Balaban J connectivity index is 1.57. The van der Waals surface area contributed by atoms with E-state index in [1.807, 2.05) is 48.2 Å². The summed E-state index contributed by atoms with van der Waals surface area (Å²) in [6.45, 7) is 4.76. The lowest BCUT2D eigenvalue weighted by atomic mass is 9.92. The van der Waals surface area contributed by atoms with Crippen LogP contribution >= 0.6 is 0 Å². The van der Waals surface area contributed by atoms with E-state index < -0.39 is 0 Å². The summed E-state index contributed by atoms with van der Waals surface area (Å²) in [7, 11) is 3.98. The van der Waals surface area contributed by atoms with E-state index in [0.717, 1.165) is 44.5 Å². The highest BCUT2D eigenvalue weighted by Gasteiger charge is 2.30. The van der Waals surface area contributed by atoms with Crippen molar-refractivity contribution < 1.29 is 4.79 Å². The minimum Gasteiger partial charge on any atom is -0.341 e. The van der Waals surface area contributed by atoms with E-state index in [0.29, 0.717) is 5.92 Å². The van der Waals surface area contributed by atoms with E-state index in [4.69, 9.17) is 0 Å². The van der Waals surface area contributed by atoms with Crippen LogP contribution in [-0.2, 0) is 11.3 Å². The van der Waals surface area contributed by atoms with Crippen LogP contribution in [0.15, 0.2) is 42.7 Å². The third kappa shape index (κ3) is 4.52. The lowest BCUT2D eigenvalue weighted by molar-refractivity contribution is -0.137. The van der Waals surface area contributed by atoms with Gasteiger partial charge in [-0.25, -0.2) is 0 Å². The molecule has 1 unspecified atom stereocenters. The van der Waals surface area contributed by atoms with Crippen molar-refractivity contribution >= 4 is 5.91 Å². The fourth-order valence-electron chi connectivity index (χ4n) is 3.86. The number of rotatable bonds is 6. The smallest absolute Gasteiger partial charge is 0.244 e. The second kappa shape index (κ2) is 8.49. The maximum absolute atomic E-state index is 13.2. The molecule has 5 nitrogen and oxygen atoms in total. The average molecular weight is 354 g/mol. The van der Waals surface area contributed by atoms with E-state index in [-0.39, 0.29) is 11.9 Å². The molecule has 2 heterocycles. The van der Waals surface area contributed by atoms with Crippen molar-refractivity contribution in [1.82, 2.24) is 19.6 Å². The highest BCUT2D eigenvalue weighted by atomic mass is 16.2. The number of aromatic nitrogens is 2. The first-order chi connectivity index (χ1) is 12.5. The zero-order chi connectivity index (χ0) is 18.5. The van der Waals surface area contributed by atoms with Crippen LogP contribution in [0.25, 0.3) is 0 Å². The number of likely N-dealkylation sites (tertiary alicyclic amines) is 1. The van der Waals surface area contributed by atoms with Crippen LogP contribution < -0.4 is 0 Å². The number of carbonyl (C=O) groups is 1. The summed E-state index contributed by atoms with van der Waals surface area (Å²) < 4.78 is 2.00. The van der Waals surface area contributed by atoms with Crippen molar-refractivity contribution in [3.63, 3.8) is 0 Å². The zero-order valence-corrected chi connectivity index (χ0v) is 16.1. The first-order valence-corrected chi connectivity index (χ1v) is 9.54. The van der Waals surface area contributed by atoms with Crippen LogP contribution in [0.1, 0.15) is 36.4 Å². The number of hydrogen-bond donors (Lipinski definition) is 0. The molecule has 1 saturated heterocycles. The number of piperidine rings is 1. The van der Waals surface area contributed by atoms with Crippen molar-refractivity contribution in [2.45, 2.75) is 38.8 Å². The van der Waals surface area contributed by atoms with Gasteiger partial charge in [0.1, 0.15) is 6.04 Å². The van der Waals surface area contributed by atoms with Gasteiger partial charge in [0, 0.05) is 32.0 Å². The molecule has 0 aliphatic carbocycles. The molecule has 0 saturated carbocycles. The second-order valence-electron chi connectivity index (χ2n) is 7.61. The topological polar surface area (TPSA) is 41.4 Å². The standard InChI is InChI=1S/C21H30N4O/c1-17-6-4-7-19(16-17)20(23(2)3)21(26)24-13-8-18(9-14-24)10-15-25-12-5-11-22-25/h4-7,11-12,16,18,20H,8-10,13-15H2,1-3H3. The number of hydrogen-bond acceptors (Lipinski definition) is 3. The molecule has 1 aliphatic heterocycles. The number of likely N-dealkylation sites (N-methyl/N-ethyl adjacent to an activating group) is 1. The minimum absolute atomic E-state index is 0.199. The molecule has 0 spiro atoms. The zero-order valence-electron chi connectivity index (χ0n) is 16.1. The first kappa shape index (κ1) is 18.6. The van der Waals surface area contributed by atoms with E-state index in [1.165, 1.54) is 5.56 Å². The summed E-state index contributed by atoms with van der Waals surface area (Å²) in [5.41, 5.74) is 2.28. The molecular formula is C21H30N4O. The van der Waals surface area contributed by atoms with Gasteiger partial charge in [-0.1, -0.05) is 29.8 Å². The van der Waals surface area contributed by atoms with E-state index >= 15 is 0 Å². The lowest BCUT2D eigenvalue weighted by Crippen LogP contribution is -2.44. The summed E-state index contributed by atoms with van der Waals surface area (Å²) in [4.78, 5) is 17.3. The van der Waals surface area contributed by atoms with Crippen LogP contribution in [0.2, 0.25) is 0 Å². The predicted molar refractivity (Wildman–Crippen MR) is 104 cm³/mol. The van der Waals surface area contributed by atoms with Crippen molar-refractivity contribution in [1.29, 1.82) is 0 Å². The summed E-state index contributed by atoms with van der Waals surface area (Å²) in [5.74, 6) is 0.908. The summed E-state index contributed by atoms with van der Waals surface area (Å²) in [6.07, 6.45) is 7.15. The Morgan fingerprint density at radius 3 is 2.65 bits per heavy atom. The molecule has 0 N–H and O–H groups in total. The fourth-order valence-corrected chi connectivity index (χ4v) is 3.86. The molecule has 0 radical (unpaired) electrons. The molecule has 140 valence electrons. The Morgan fingerprint density at radius 1 is 1.27 bits per heavy atom. The Morgan fingerprint density at radius 2 is 2.04 bits per heavy atom. The monoisotopic (exact) mass is 354 g/mol. The molecule has 1 atom stereocenters. The van der Waals surface area contributed by atoms with Crippen molar-refractivity contribution in [2.24, 2.45) is 5.92 Å². The van der Waals surface area contributed by atoms with Gasteiger partial charge in [-0.05, 0) is 57.8 Å². The summed E-state index contributed by atoms with van der Waals surface area (Å²) in [6, 6.07) is 10.1. The van der Waals surface area contributed by atoms with Gasteiger partial charge in [0.05, 0.1) is 0 Å². The number of carbonyl (C=O) groups excluding carboxylic acids is 1. The Hall–Kier alpha value is -2.14. The number of aryl methyl sites for hydroxylation is 2. The maximum Gasteiger partial charge on any atom is 0.244 e. The highest BCUT2D eigenvalue weighted by Crippen LogP contribution is 2.26. The SMILES string of the molecule is Cc1cccc(C(C(=O)N2CCC(CCn3cccn3)CC2)N(C)C)c1. The molecule has 5 heteroatoms. The van der Waals surface area contributed by atoms with Crippen molar-refractivity contribution in [3.8, 4) is 0 Å². The normalized spacial score (nSPS) is 16.8. The quantitative estimate of drug-likeness (QED) is 0.800. The molecule has 1 aliphatic rings. The summed E-state index contributed by atoms with van der Waals surface area (Å²) >= 11 is 0. The van der Waals surface area contributed by atoms with Gasteiger partial charge in [0.2, 0.25) is 5.91 Å². The van der Waals surface area contributed by atoms with Gasteiger partial charge in [0.15, 0.2) is 0 Å². The van der Waals surface area contributed by atoms with Gasteiger partial charge >= 0.3 is 0 Å². The average Bonchev–Trinajstić information content (AvgIpc) is 3.14. The van der Waals surface area contributed by atoms with Crippen molar-refractivity contribution in [2.75, 3.05) is 27.2 Å². The van der Waals surface area contributed by atoms with E-state index in [9.17, 15) is 4.79 Å². The van der Waals surface area contributed by atoms with Gasteiger partial charge in [-0.2, -0.15) is 5.10 Å². The van der Waals surface area contributed by atoms with Crippen LogP contribution in [0.5, 0.6) is 0 Å². The predicted octanol–water partition coefficient (Wildman–Crippen LogP) is 3.12. The van der Waals surface area contributed by atoms with Gasteiger partial charge in [-0.15, -0.1) is 0 Å². The molecule has 3 rings (SSSR count). The van der Waals surface area contributed by atoms with Crippen LogP contribution in [0, 0.1) is 12.8 Å². The fraction of sp³-hybridized carbons (Fsp3) is 0.524. The molecule has 1 fully saturated rings. The van der Waals surface area contributed by atoms with Crippen LogP contribution in [-0.4, -0.2) is 52.7 Å². The van der Waals surface area contributed by atoms with E-state index in [2.05, 4.69) is 35.1 Å². The summed E-state index contributed by atoms with van der Waals surface area (Å²) in [5, 5.41) is 4.27.